The molecule has 24 heavy (non-hydrogen) atoms. The van der Waals surface area contributed by atoms with Gasteiger partial charge in [-0.3, -0.25) is 4.79 Å². The highest BCUT2D eigenvalue weighted by Crippen LogP contribution is 2.24. The molecule has 2 aromatic rings. The normalized spacial score (nSPS) is 20.8. The first-order chi connectivity index (χ1) is 11.6. The van der Waals surface area contributed by atoms with Crippen LogP contribution < -0.4 is 5.32 Å². The number of halogens is 1. The van der Waals surface area contributed by atoms with Crippen LogP contribution in [0.25, 0.3) is 11.3 Å². The molecule has 1 aliphatic carbocycles. The van der Waals surface area contributed by atoms with Gasteiger partial charge < -0.3 is 9.73 Å². The standard InChI is InChI=1S/C19H23FN2O2/c1-13-3-2-4-16(11-13)22-18(23)9-10-19-21-12-17(24-19)14-5-7-15(20)8-6-14/h5-8,12-13,16H,2-4,9-11H2,1H3,(H,22,23). The number of amides is 1. The third-order valence-electron chi connectivity index (χ3n) is 4.55. The van der Waals surface area contributed by atoms with E-state index in [1.165, 1.54) is 25.0 Å². The minimum Gasteiger partial charge on any atom is -0.441 e. The number of aromatic nitrogens is 1. The van der Waals surface area contributed by atoms with Crippen molar-refractivity contribution in [2.75, 3.05) is 0 Å². The molecule has 0 radical (unpaired) electrons. The van der Waals surface area contributed by atoms with Gasteiger partial charge in [-0.1, -0.05) is 19.8 Å². The highest BCUT2D eigenvalue weighted by Gasteiger charge is 2.20. The fraction of sp³-hybridized carbons (Fsp3) is 0.474. The van der Waals surface area contributed by atoms with E-state index in [4.69, 9.17) is 4.42 Å². The molecule has 1 aromatic heterocycles. The van der Waals surface area contributed by atoms with E-state index in [9.17, 15) is 9.18 Å². The van der Waals surface area contributed by atoms with Crippen LogP contribution in [-0.2, 0) is 11.2 Å². The van der Waals surface area contributed by atoms with Crippen molar-refractivity contribution in [2.45, 2.75) is 51.5 Å². The average molecular weight is 330 g/mol. The fourth-order valence-electron chi connectivity index (χ4n) is 3.26. The Labute approximate surface area is 141 Å². The lowest BCUT2D eigenvalue weighted by Crippen LogP contribution is -2.38. The van der Waals surface area contributed by atoms with Crippen molar-refractivity contribution in [3.8, 4) is 11.3 Å². The number of nitrogens with zero attached hydrogens (tertiary/aromatic N) is 1. The topological polar surface area (TPSA) is 55.1 Å². The van der Waals surface area contributed by atoms with Gasteiger partial charge in [0.15, 0.2) is 11.7 Å². The lowest BCUT2D eigenvalue weighted by molar-refractivity contribution is -0.122. The largest absolute Gasteiger partial charge is 0.441 e. The molecule has 1 N–H and O–H groups in total. The second-order valence-corrected chi connectivity index (χ2v) is 6.66. The number of nitrogens with one attached hydrogen (secondary N) is 1. The molecule has 0 aliphatic heterocycles. The van der Waals surface area contributed by atoms with E-state index in [1.807, 2.05) is 0 Å². The smallest absolute Gasteiger partial charge is 0.220 e. The van der Waals surface area contributed by atoms with Crippen molar-refractivity contribution in [3.63, 3.8) is 0 Å². The molecule has 1 aliphatic rings. The van der Waals surface area contributed by atoms with E-state index in [2.05, 4.69) is 17.2 Å². The predicted octanol–water partition coefficient (Wildman–Crippen LogP) is 4.11. The van der Waals surface area contributed by atoms with E-state index in [-0.39, 0.29) is 11.7 Å². The maximum Gasteiger partial charge on any atom is 0.220 e. The van der Waals surface area contributed by atoms with Crippen molar-refractivity contribution in [3.05, 3.63) is 42.2 Å². The second kappa shape index (κ2) is 7.60. The fourth-order valence-corrected chi connectivity index (χ4v) is 3.26. The van der Waals surface area contributed by atoms with Crippen molar-refractivity contribution in [2.24, 2.45) is 5.92 Å². The summed E-state index contributed by atoms with van der Waals surface area (Å²) < 4.78 is 18.6. The maximum absolute atomic E-state index is 12.9. The Morgan fingerprint density at radius 1 is 1.33 bits per heavy atom. The molecule has 3 rings (SSSR count). The molecule has 1 saturated carbocycles. The van der Waals surface area contributed by atoms with Gasteiger partial charge in [0.1, 0.15) is 5.82 Å². The first kappa shape index (κ1) is 16.7. The number of carbonyl (C=O) groups excluding carboxylic acids is 1. The van der Waals surface area contributed by atoms with Crippen molar-refractivity contribution >= 4 is 5.91 Å². The van der Waals surface area contributed by atoms with Gasteiger partial charge in [-0.15, -0.1) is 0 Å². The molecule has 0 saturated heterocycles. The van der Waals surface area contributed by atoms with Crippen LogP contribution in [0.4, 0.5) is 4.39 Å². The first-order valence-electron chi connectivity index (χ1n) is 8.60. The summed E-state index contributed by atoms with van der Waals surface area (Å²) in [6, 6.07) is 6.37. The molecule has 5 heteroatoms. The van der Waals surface area contributed by atoms with Crippen molar-refractivity contribution < 1.29 is 13.6 Å². The molecular formula is C19H23FN2O2. The van der Waals surface area contributed by atoms with Crippen LogP contribution in [0, 0.1) is 11.7 Å². The van der Waals surface area contributed by atoms with Gasteiger partial charge in [-0.05, 0) is 43.0 Å². The quantitative estimate of drug-likeness (QED) is 0.897. The van der Waals surface area contributed by atoms with Gasteiger partial charge in [-0.2, -0.15) is 0 Å². The number of aryl methyl sites for hydroxylation is 1. The molecule has 1 fully saturated rings. The zero-order valence-electron chi connectivity index (χ0n) is 13.9. The minimum absolute atomic E-state index is 0.0515. The Hall–Kier alpha value is -2.17. The molecular weight excluding hydrogens is 307 g/mol. The monoisotopic (exact) mass is 330 g/mol. The summed E-state index contributed by atoms with van der Waals surface area (Å²) in [5.41, 5.74) is 0.774. The van der Waals surface area contributed by atoms with E-state index in [0.717, 1.165) is 18.4 Å². The van der Waals surface area contributed by atoms with Gasteiger partial charge in [0.25, 0.3) is 0 Å². The lowest BCUT2D eigenvalue weighted by atomic mass is 9.87. The Kier molecular flexibility index (Phi) is 5.28. The lowest BCUT2D eigenvalue weighted by Gasteiger charge is -2.27. The summed E-state index contributed by atoms with van der Waals surface area (Å²) in [5, 5.41) is 3.11. The molecule has 128 valence electrons. The first-order valence-corrected chi connectivity index (χ1v) is 8.60. The maximum atomic E-state index is 12.9. The number of hydrogen-bond donors (Lipinski definition) is 1. The van der Waals surface area contributed by atoms with Crippen LogP contribution in [-0.4, -0.2) is 16.9 Å². The number of benzene rings is 1. The Balaban J connectivity index is 1.50. The van der Waals surface area contributed by atoms with E-state index < -0.39 is 0 Å². The number of carbonyl (C=O) groups is 1. The summed E-state index contributed by atoms with van der Waals surface area (Å²) in [7, 11) is 0. The van der Waals surface area contributed by atoms with E-state index in [1.54, 1.807) is 18.3 Å². The average Bonchev–Trinajstić information content (AvgIpc) is 3.03. The van der Waals surface area contributed by atoms with Crippen LogP contribution in [0.1, 0.15) is 44.9 Å². The van der Waals surface area contributed by atoms with Crippen LogP contribution in [0.3, 0.4) is 0 Å². The van der Waals surface area contributed by atoms with Gasteiger partial charge >= 0.3 is 0 Å². The third-order valence-corrected chi connectivity index (χ3v) is 4.55. The molecule has 1 heterocycles. The molecule has 1 amide bonds. The summed E-state index contributed by atoms with van der Waals surface area (Å²) in [4.78, 5) is 16.3. The molecule has 2 unspecified atom stereocenters. The van der Waals surface area contributed by atoms with Crippen LogP contribution in [0.5, 0.6) is 0 Å². The second-order valence-electron chi connectivity index (χ2n) is 6.66. The van der Waals surface area contributed by atoms with Gasteiger partial charge in [-0.25, -0.2) is 9.37 Å². The Morgan fingerprint density at radius 3 is 2.88 bits per heavy atom. The summed E-state index contributed by atoms with van der Waals surface area (Å²) >= 11 is 0. The van der Waals surface area contributed by atoms with Crippen LogP contribution in [0.2, 0.25) is 0 Å². The third kappa shape index (κ3) is 4.43. The molecule has 0 bridgehead atoms. The zero-order chi connectivity index (χ0) is 16.9. The van der Waals surface area contributed by atoms with Crippen molar-refractivity contribution in [1.29, 1.82) is 0 Å². The summed E-state index contributed by atoms with van der Waals surface area (Å²) in [5.74, 6) is 1.57. The predicted molar refractivity (Wildman–Crippen MR) is 89.8 cm³/mol. The molecule has 1 aromatic carbocycles. The minimum atomic E-state index is -0.285. The Morgan fingerprint density at radius 2 is 2.12 bits per heavy atom. The highest BCUT2D eigenvalue weighted by molar-refractivity contribution is 5.76. The zero-order valence-corrected chi connectivity index (χ0v) is 13.9. The Bertz CT molecular complexity index is 681. The summed E-state index contributed by atoms with van der Waals surface area (Å²) in [6.07, 6.45) is 7.04. The molecule has 4 nitrogen and oxygen atoms in total. The van der Waals surface area contributed by atoms with Gasteiger partial charge in [0.05, 0.1) is 6.20 Å². The number of oxazole rings is 1. The number of hydrogen-bond acceptors (Lipinski definition) is 3. The SMILES string of the molecule is CC1CCCC(NC(=O)CCc2ncc(-c3ccc(F)cc3)o2)C1. The molecule has 2 atom stereocenters. The van der Waals surface area contributed by atoms with Crippen LogP contribution >= 0.6 is 0 Å². The number of rotatable bonds is 5. The van der Waals surface area contributed by atoms with E-state index in [0.29, 0.717) is 36.5 Å². The summed E-state index contributed by atoms with van der Waals surface area (Å²) in [6.45, 7) is 2.24. The van der Waals surface area contributed by atoms with Gasteiger partial charge in [0.2, 0.25) is 5.91 Å². The van der Waals surface area contributed by atoms with E-state index >= 15 is 0 Å². The van der Waals surface area contributed by atoms with Gasteiger partial charge in [0, 0.05) is 24.4 Å². The molecule has 0 spiro atoms. The van der Waals surface area contributed by atoms with Crippen LogP contribution in [0.15, 0.2) is 34.9 Å². The van der Waals surface area contributed by atoms with Crippen molar-refractivity contribution in [1.82, 2.24) is 10.3 Å². The highest BCUT2D eigenvalue weighted by atomic mass is 19.1.